The van der Waals surface area contributed by atoms with E-state index in [0.717, 1.165) is 21.9 Å². The molecule has 1 aromatic carbocycles. The van der Waals surface area contributed by atoms with E-state index in [1.165, 1.54) is 0 Å². The molecule has 4 nitrogen and oxygen atoms in total. The van der Waals surface area contributed by atoms with Gasteiger partial charge in [0.1, 0.15) is 0 Å². The molecule has 0 fully saturated rings. The van der Waals surface area contributed by atoms with Crippen LogP contribution in [-0.2, 0) is 7.05 Å². The number of nitrogen functional groups attached to an aromatic ring is 1. The van der Waals surface area contributed by atoms with Crippen molar-refractivity contribution < 1.29 is 0 Å². The fourth-order valence-corrected chi connectivity index (χ4v) is 1.88. The van der Waals surface area contributed by atoms with Gasteiger partial charge >= 0.3 is 0 Å². The molecule has 0 radical (unpaired) electrons. The van der Waals surface area contributed by atoms with Crippen LogP contribution in [0.25, 0.3) is 21.9 Å². The van der Waals surface area contributed by atoms with Crippen LogP contribution in [0.15, 0.2) is 30.5 Å². The summed E-state index contributed by atoms with van der Waals surface area (Å²) in [5, 5.41) is 1.08. The van der Waals surface area contributed by atoms with Crippen molar-refractivity contribution in [1.82, 2.24) is 14.5 Å². The Morgan fingerprint density at radius 3 is 2.87 bits per heavy atom. The number of hydrogen-bond donors (Lipinski definition) is 1. The van der Waals surface area contributed by atoms with Gasteiger partial charge in [-0.15, -0.1) is 0 Å². The summed E-state index contributed by atoms with van der Waals surface area (Å²) in [7, 11) is 1.91. The Morgan fingerprint density at radius 1 is 1.20 bits per heavy atom. The summed E-state index contributed by atoms with van der Waals surface area (Å²) in [6, 6.07) is 7.86. The van der Waals surface area contributed by atoms with Gasteiger partial charge in [0.15, 0.2) is 0 Å². The van der Waals surface area contributed by atoms with Crippen molar-refractivity contribution in [3.05, 3.63) is 30.5 Å². The third-order valence-electron chi connectivity index (χ3n) is 2.65. The molecule has 4 heteroatoms. The predicted molar refractivity (Wildman–Crippen MR) is 60.4 cm³/mol. The molecular weight excluding hydrogens is 188 g/mol. The number of nitrogens with zero attached hydrogens (tertiary/aromatic N) is 3. The lowest BCUT2D eigenvalue weighted by atomic mass is 10.2. The Hall–Kier alpha value is -2.10. The Morgan fingerprint density at radius 2 is 2.00 bits per heavy atom. The minimum absolute atomic E-state index is 0.529. The average molecular weight is 198 g/mol. The minimum Gasteiger partial charge on any atom is -0.369 e. The molecule has 0 bridgehead atoms. The number of benzene rings is 1. The second-order valence-electron chi connectivity index (χ2n) is 3.53. The lowest BCUT2D eigenvalue weighted by Crippen LogP contribution is -1.96. The zero-order valence-corrected chi connectivity index (χ0v) is 8.31. The highest BCUT2D eigenvalue weighted by molar-refractivity contribution is 6.03. The van der Waals surface area contributed by atoms with Crippen LogP contribution in [0.2, 0.25) is 0 Å². The van der Waals surface area contributed by atoms with Crippen molar-refractivity contribution in [1.29, 1.82) is 0 Å². The molecule has 0 aliphatic rings. The van der Waals surface area contributed by atoms with E-state index in [-0.39, 0.29) is 0 Å². The van der Waals surface area contributed by atoms with Gasteiger partial charge < -0.3 is 10.3 Å². The van der Waals surface area contributed by atoms with E-state index in [0.29, 0.717) is 5.95 Å². The third kappa shape index (κ3) is 1.01. The van der Waals surface area contributed by atoms with Gasteiger partial charge in [0.05, 0.1) is 16.6 Å². The summed E-state index contributed by atoms with van der Waals surface area (Å²) in [5.74, 6) is 0.529. The van der Waals surface area contributed by atoms with Crippen LogP contribution in [0.1, 0.15) is 0 Å². The molecule has 0 atom stereocenters. The van der Waals surface area contributed by atoms with Crippen LogP contribution in [0, 0.1) is 0 Å². The quantitative estimate of drug-likeness (QED) is 0.598. The molecule has 3 rings (SSSR count). The van der Waals surface area contributed by atoms with Gasteiger partial charge in [0.2, 0.25) is 5.95 Å². The molecule has 2 N–H and O–H groups in total. The van der Waals surface area contributed by atoms with Crippen LogP contribution in [-0.4, -0.2) is 14.5 Å². The van der Waals surface area contributed by atoms with Gasteiger partial charge in [0, 0.05) is 18.6 Å². The summed E-state index contributed by atoms with van der Waals surface area (Å²) in [6.45, 7) is 0. The first-order valence-electron chi connectivity index (χ1n) is 4.73. The lowest BCUT2D eigenvalue weighted by Gasteiger charge is -2.00. The maximum Gasteiger partial charge on any atom is 0.200 e. The Balaban J connectivity index is 2.63. The Bertz CT molecular complexity index is 654. The number of anilines is 1. The molecule has 74 valence electrons. The number of hydrogen-bond acceptors (Lipinski definition) is 3. The fraction of sp³-hybridized carbons (Fsp3) is 0.0909. The highest BCUT2D eigenvalue weighted by Gasteiger charge is 2.08. The molecular formula is C11H10N4. The normalized spacial score (nSPS) is 11.3. The van der Waals surface area contributed by atoms with Crippen LogP contribution >= 0.6 is 0 Å². The van der Waals surface area contributed by atoms with Crippen molar-refractivity contribution >= 4 is 27.9 Å². The molecule has 2 aromatic heterocycles. The maximum atomic E-state index is 5.78. The molecule has 0 spiro atoms. The van der Waals surface area contributed by atoms with Crippen LogP contribution in [0.4, 0.5) is 5.95 Å². The highest BCUT2D eigenvalue weighted by Crippen LogP contribution is 2.24. The SMILES string of the molecule is Cn1c(N)nc2ccc3ncccc3c21. The van der Waals surface area contributed by atoms with Crippen molar-refractivity contribution in [2.75, 3.05) is 5.73 Å². The monoisotopic (exact) mass is 198 g/mol. The zero-order valence-electron chi connectivity index (χ0n) is 8.31. The zero-order chi connectivity index (χ0) is 10.4. The van der Waals surface area contributed by atoms with Gasteiger partial charge in [-0.1, -0.05) is 0 Å². The molecule has 15 heavy (non-hydrogen) atoms. The first-order chi connectivity index (χ1) is 7.27. The first kappa shape index (κ1) is 8.23. The lowest BCUT2D eigenvalue weighted by molar-refractivity contribution is 0.968. The number of imidazole rings is 1. The predicted octanol–water partition coefficient (Wildman–Crippen LogP) is 1.70. The van der Waals surface area contributed by atoms with E-state index in [1.807, 2.05) is 35.9 Å². The summed E-state index contributed by atoms with van der Waals surface area (Å²) in [6.07, 6.45) is 1.79. The molecule has 0 saturated carbocycles. The van der Waals surface area contributed by atoms with E-state index in [9.17, 15) is 0 Å². The number of fused-ring (bicyclic) bond motifs is 3. The van der Waals surface area contributed by atoms with E-state index >= 15 is 0 Å². The van der Waals surface area contributed by atoms with Crippen LogP contribution < -0.4 is 5.73 Å². The number of aryl methyl sites for hydroxylation is 1. The van der Waals surface area contributed by atoms with E-state index < -0.39 is 0 Å². The summed E-state index contributed by atoms with van der Waals surface area (Å²) < 4.78 is 1.89. The highest BCUT2D eigenvalue weighted by atomic mass is 15.1. The summed E-state index contributed by atoms with van der Waals surface area (Å²) in [4.78, 5) is 8.58. The van der Waals surface area contributed by atoms with Crippen molar-refractivity contribution in [3.63, 3.8) is 0 Å². The Kier molecular flexibility index (Phi) is 1.48. The molecule has 0 aliphatic heterocycles. The van der Waals surface area contributed by atoms with E-state index in [1.54, 1.807) is 6.20 Å². The molecule has 3 aromatic rings. The van der Waals surface area contributed by atoms with Gasteiger partial charge in [-0.05, 0) is 24.3 Å². The van der Waals surface area contributed by atoms with Crippen LogP contribution in [0.3, 0.4) is 0 Å². The fourth-order valence-electron chi connectivity index (χ4n) is 1.88. The number of pyridine rings is 1. The summed E-state index contributed by atoms with van der Waals surface area (Å²) in [5.41, 5.74) is 8.69. The average Bonchev–Trinajstić information content (AvgIpc) is 2.55. The second-order valence-corrected chi connectivity index (χ2v) is 3.53. The van der Waals surface area contributed by atoms with Crippen molar-refractivity contribution in [2.45, 2.75) is 0 Å². The van der Waals surface area contributed by atoms with E-state index in [4.69, 9.17) is 5.73 Å². The number of aromatic nitrogens is 3. The molecule has 0 amide bonds. The minimum atomic E-state index is 0.529. The van der Waals surface area contributed by atoms with Crippen molar-refractivity contribution in [3.8, 4) is 0 Å². The van der Waals surface area contributed by atoms with Gasteiger partial charge in [0.25, 0.3) is 0 Å². The molecule has 2 heterocycles. The maximum absolute atomic E-state index is 5.78. The molecule has 0 unspecified atom stereocenters. The van der Waals surface area contributed by atoms with Crippen LogP contribution in [0.5, 0.6) is 0 Å². The number of rotatable bonds is 0. The third-order valence-corrected chi connectivity index (χ3v) is 2.65. The van der Waals surface area contributed by atoms with Gasteiger partial charge in [-0.2, -0.15) is 0 Å². The van der Waals surface area contributed by atoms with Gasteiger partial charge in [-0.25, -0.2) is 4.98 Å². The standard InChI is InChI=1S/C11H10N4/c1-15-10-7-3-2-6-13-8(7)4-5-9(10)14-11(15)12/h2-6H,1H3,(H2,12,14). The molecule has 0 aliphatic carbocycles. The Labute approximate surface area is 86.4 Å². The van der Waals surface area contributed by atoms with Crippen molar-refractivity contribution in [2.24, 2.45) is 7.05 Å². The van der Waals surface area contributed by atoms with Gasteiger partial charge in [-0.3, -0.25) is 4.98 Å². The topological polar surface area (TPSA) is 56.7 Å². The summed E-state index contributed by atoms with van der Waals surface area (Å²) >= 11 is 0. The smallest absolute Gasteiger partial charge is 0.200 e. The largest absolute Gasteiger partial charge is 0.369 e. The van der Waals surface area contributed by atoms with E-state index in [2.05, 4.69) is 9.97 Å². The number of nitrogens with two attached hydrogens (primary N) is 1. The molecule has 0 saturated heterocycles. The second kappa shape index (κ2) is 2.70. The first-order valence-corrected chi connectivity index (χ1v) is 4.73.